The Morgan fingerprint density at radius 1 is 1.21 bits per heavy atom. The van der Waals surface area contributed by atoms with Gasteiger partial charge in [-0.1, -0.05) is 26.0 Å². The summed E-state index contributed by atoms with van der Waals surface area (Å²) < 4.78 is 19.8. The van der Waals surface area contributed by atoms with E-state index in [0.29, 0.717) is 12.0 Å². The molecule has 2 aromatic rings. The fourth-order valence-electron chi connectivity index (χ4n) is 5.49. The van der Waals surface area contributed by atoms with E-state index in [-0.39, 0.29) is 12.5 Å². The Balaban J connectivity index is 1.27. The molecule has 212 valence electrons. The molecular formula is C27H36FN5O5S. The van der Waals surface area contributed by atoms with Gasteiger partial charge in [0.05, 0.1) is 12.2 Å². The summed E-state index contributed by atoms with van der Waals surface area (Å²) in [5.74, 6) is -3.29. The highest BCUT2D eigenvalue weighted by Gasteiger charge is 2.60. The van der Waals surface area contributed by atoms with E-state index in [1.54, 1.807) is 23.5 Å². The number of amides is 2. The number of piperazine rings is 1. The second-order valence-corrected chi connectivity index (χ2v) is 12.0. The second-order valence-electron chi connectivity index (χ2n) is 11.1. The fourth-order valence-corrected chi connectivity index (χ4v) is 6.38. The molecule has 0 bridgehead atoms. The van der Waals surface area contributed by atoms with Gasteiger partial charge in [0.1, 0.15) is 31.0 Å². The molecule has 39 heavy (non-hydrogen) atoms. The number of anilines is 1. The van der Waals surface area contributed by atoms with Crippen molar-refractivity contribution in [1.29, 1.82) is 0 Å². The highest BCUT2D eigenvalue weighted by molar-refractivity contribution is 7.14. The smallest absolute Gasteiger partial charge is 0.251 e. The van der Waals surface area contributed by atoms with E-state index in [2.05, 4.69) is 22.2 Å². The summed E-state index contributed by atoms with van der Waals surface area (Å²) in [5, 5.41) is 26.4. The maximum Gasteiger partial charge on any atom is 0.251 e. The first-order chi connectivity index (χ1) is 18.5. The molecule has 0 saturated carbocycles. The van der Waals surface area contributed by atoms with Crippen LogP contribution in [-0.2, 0) is 9.53 Å². The molecule has 1 aromatic carbocycles. The van der Waals surface area contributed by atoms with Crippen molar-refractivity contribution in [3.05, 3.63) is 35.2 Å². The number of nitrogens with zero attached hydrogens (tertiary/aromatic N) is 4. The third-order valence-corrected chi connectivity index (χ3v) is 8.54. The van der Waals surface area contributed by atoms with Gasteiger partial charge in [-0.2, -0.15) is 0 Å². The van der Waals surface area contributed by atoms with E-state index < -0.39 is 48.6 Å². The molecule has 0 radical (unpaired) electrons. The minimum Gasteiger partial charge on any atom is -0.367 e. The number of hydrogen-bond acceptors (Lipinski definition) is 9. The van der Waals surface area contributed by atoms with Gasteiger partial charge in [-0.15, -0.1) is 11.3 Å². The first-order valence-electron chi connectivity index (χ1n) is 13.3. The van der Waals surface area contributed by atoms with Crippen LogP contribution in [0, 0.1) is 5.92 Å². The van der Waals surface area contributed by atoms with Crippen LogP contribution < -0.4 is 10.2 Å². The minimum absolute atomic E-state index is 0.0493. The number of nitrogens with one attached hydrogen (secondary N) is 1. The molecule has 4 atom stereocenters. The maximum absolute atomic E-state index is 14.5. The molecule has 3 N–H and O–H groups in total. The van der Waals surface area contributed by atoms with Crippen LogP contribution in [-0.4, -0.2) is 113 Å². The predicted molar refractivity (Wildman–Crippen MR) is 145 cm³/mol. The molecular weight excluding hydrogens is 525 g/mol. The van der Waals surface area contributed by atoms with E-state index in [9.17, 15) is 24.2 Å². The number of thiazole rings is 1. The van der Waals surface area contributed by atoms with Crippen molar-refractivity contribution in [2.24, 2.45) is 5.92 Å². The summed E-state index contributed by atoms with van der Waals surface area (Å²) in [7, 11) is 2.11. The molecule has 3 fully saturated rings. The van der Waals surface area contributed by atoms with Gasteiger partial charge in [0, 0.05) is 42.7 Å². The van der Waals surface area contributed by atoms with Crippen molar-refractivity contribution >= 4 is 28.3 Å². The summed E-state index contributed by atoms with van der Waals surface area (Å²) in [4.78, 5) is 37.1. The van der Waals surface area contributed by atoms with Crippen LogP contribution in [0.5, 0.6) is 0 Å². The molecule has 1 aromatic heterocycles. The van der Waals surface area contributed by atoms with Crippen LogP contribution in [0.25, 0.3) is 11.3 Å². The molecule has 0 unspecified atom stereocenters. The average Bonchev–Trinajstić information content (AvgIpc) is 3.60. The van der Waals surface area contributed by atoms with Crippen LogP contribution in [0.2, 0.25) is 0 Å². The molecule has 2 amide bonds. The van der Waals surface area contributed by atoms with Crippen molar-refractivity contribution in [3.8, 4) is 11.3 Å². The predicted octanol–water partition coefficient (Wildman–Crippen LogP) is 1.34. The van der Waals surface area contributed by atoms with Crippen molar-refractivity contribution < 1.29 is 28.9 Å². The topological polar surface area (TPSA) is 118 Å². The van der Waals surface area contributed by atoms with Crippen LogP contribution in [0.15, 0.2) is 29.6 Å². The number of alkyl halides is 1. The third-order valence-electron chi connectivity index (χ3n) is 7.64. The Hall–Kier alpha value is -2.64. The lowest BCUT2D eigenvalue weighted by Crippen LogP contribution is -2.57. The van der Waals surface area contributed by atoms with Crippen molar-refractivity contribution in [1.82, 2.24) is 20.1 Å². The summed E-state index contributed by atoms with van der Waals surface area (Å²) in [6.45, 7) is 6.91. The fraction of sp³-hybridized carbons (Fsp3) is 0.593. The average molecular weight is 562 g/mol. The normalized spacial score (nSPS) is 25.7. The van der Waals surface area contributed by atoms with E-state index in [0.717, 1.165) is 47.5 Å². The van der Waals surface area contributed by atoms with Crippen LogP contribution in [0.4, 0.5) is 9.52 Å². The van der Waals surface area contributed by atoms with Gasteiger partial charge in [0.2, 0.25) is 11.7 Å². The maximum atomic E-state index is 14.5. The lowest BCUT2D eigenvalue weighted by Gasteiger charge is -2.33. The number of rotatable bonds is 7. The highest BCUT2D eigenvalue weighted by Crippen LogP contribution is 2.37. The van der Waals surface area contributed by atoms with Crippen molar-refractivity contribution in [2.75, 3.05) is 51.3 Å². The monoisotopic (exact) mass is 561 g/mol. The van der Waals surface area contributed by atoms with Crippen molar-refractivity contribution in [3.63, 3.8) is 0 Å². The number of benzene rings is 1. The van der Waals surface area contributed by atoms with Gasteiger partial charge in [-0.05, 0) is 31.5 Å². The summed E-state index contributed by atoms with van der Waals surface area (Å²) in [6.07, 6.45) is -2.33. The van der Waals surface area contributed by atoms with Crippen LogP contribution in [0.1, 0.15) is 30.6 Å². The molecule has 3 saturated heterocycles. The number of carbonyl (C=O) groups excluding carboxylic acids is 2. The zero-order valence-electron chi connectivity index (χ0n) is 22.4. The van der Waals surface area contributed by atoms with E-state index in [1.807, 2.05) is 31.4 Å². The second kappa shape index (κ2) is 11.1. The summed E-state index contributed by atoms with van der Waals surface area (Å²) in [5.41, 5.74) is 2.10. The number of aliphatic hydroxyl groups is 2. The molecule has 0 aliphatic carbocycles. The summed E-state index contributed by atoms with van der Waals surface area (Å²) in [6, 6.07) is 4.87. The quantitative estimate of drug-likeness (QED) is 0.434. The molecule has 4 heterocycles. The Kier molecular flexibility index (Phi) is 7.93. The number of ether oxygens (including phenoxy) is 1. The van der Waals surface area contributed by atoms with Crippen molar-refractivity contribution in [2.45, 2.75) is 50.4 Å². The van der Waals surface area contributed by atoms with Crippen LogP contribution in [0.3, 0.4) is 0 Å². The Bertz CT molecular complexity index is 1180. The molecule has 10 nitrogen and oxygen atoms in total. The number of likely N-dealkylation sites (N-methyl/N-ethyl adjacent to an activating group) is 1. The first kappa shape index (κ1) is 27.9. The molecule has 5 rings (SSSR count). The largest absolute Gasteiger partial charge is 0.367 e. The molecule has 3 aliphatic heterocycles. The number of hydrogen-bond donors (Lipinski definition) is 3. The third kappa shape index (κ3) is 5.80. The van der Waals surface area contributed by atoms with Gasteiger partial charge >= 0.3 is 0 Å². The number of halogens is 1. The zero-order chi connectivity index (χ0) is 27.9. The van der Waals surface area contributed by atoms with Gasteiger partial charge in [0.15, 0.2) is 5.13 Å². The Morgan fingerprint density at radius 3 is 2.56 bits per heavy atom. The number of fused-ring (bicyclic) bond motifs is 1. The lowest BCUT2D eigenvalue weighted by atomic mass is 10.00. The van der Waals surface area contributed by atoms with E-state index in [1.165, 1.54) is 0 Å². The molecule has 0 spiro atoms. The highest BCUT2D eigenvalue weighted by atomic mass is 32.1. The van der Waals surface area contributed by atoms with Crippen LogP contribution >= 0.6 is 11.3 Å². The standard InChI is InChI=1S/C27H36FN5O5S/c1-16(2)12-20(25(35)33-13-19(28)22-23(33)27(36,37)15-38-22)29-24(34)18-6-4-17(5-7-18)21-14-39-26(30-21)32-10-8-31(3)9-11-32/h4-7,14,16,19-20,22-23,36-37H,8-13,15H2,1-3H3,(H,29,34)/t19-,20-,22+,23-/m0/s1. The zero-order valence-corrected chi connectivity index (χ0v) is 23.2. The molecule has 3 aliphatic rings. The van der Waals surface area contributed by atoms with Gasteiger partial charge in [-0.3, -0.25) is 9.59 Å². The Morgan fingerprint density at radius 2 is 1.90 bits per heavy atom. The summed E-state index contributed by atoms with van der Waals surface area (Å²) >= 11 is 1.60. The van der Waals surface area contributed by atoms with Gasteiger partial charge in [-0.25, -0.2) is 9.37 Å². The number of carbonyl (C=O) groups is 2. The number of aromatic nitrogens is 1. The number of likely N-dealkylation sites (tertiary alicyclic amines) is 1. The van der Waals surface area contributed by atoms with Gasteiger partial charge < -0.3 is 35.0 Å². The minimum atomic E-state index is -2.34. The van der Waals surface area contributed by atoms with Gasteiger partial charge in [0.25, 0.3) is 5.91 Å². The Labute approximate surface area is 231 Å². The van der Waals surface area contributed by atoms with E-state index >= 15 is 0 Å². The SMILES string of the molecule is CC(C)C[C@H](NC(=O)c1ccc(-c2csc(N3CCN(C)CC3)n2)cc1)C(=O)N1C[C@H](F)[C@H]2OCC(O)(O)[C@H]21. The first-order valence-corrected chi connectivity index (χ1v) is 14.2. The molecule has 12 heteroatoms. The lowest BCUT2D eigenvalue weighted by molar-refractivity contribution is -0.191. The van der Waals surface area contributed by atoms with E-state index in [4.69, 9.17) is 9.72 Å².